The SMILES string of the molecule is C[C@@H]1C[C@@H]2C[C@H](C)CC(C3=CC4=CC(c5nc(-c6ccccc6)nc(-c6ccccc6)n5)=CCC4c4cc(C#N)ccc43)(C1)C2. The summed E-state index contributed by atoms with van der Waals surface area (Å²) in [5, 5.41) is 9.88. The molecule has 0 spiro atoms. The molecular formula is C41H38N4. The first-order chi connectivity index (χ1) is 22.0. The molecule has 5 atom stereocenters. The first kappa shape index (κ1) is 27.9. The molecule has 0 radical (unpaired) electrons. The fourth-order valence-corrected chi connectivity index (χ4v) is 9.15. The third-order valence-corrected chi connectivity index (χ3v) is 10.6. The second-order valence-corrected chi connectivity index (χ2v) is 14.0. The molecule has 4 aliphatic rings. The lowest BCUT2D eigenvalue weighted by Gasteiger charge is -2.52. The average Bonchev–Trinajstić information content (AvgIpc) is 3.07. The first-order valence-electron chi connectivity index (χ1n) is 16.5. The summed E-state index contributed by atoms with van der Waals surface area (Å²) >= 11 is 0. The van der Waals surface area contributed by atoms with Gasteiger partial charge in [-0.1, -0.05) is 92.7 Å². The second kappa shape index (κ2) is 11.1. The molecule has 4 heteroatoms. The Kier molecular flexibility index (Phi) is 6.86. The van der Waals surface area contributed by atoms with Crippen molar-refractivity contribution in [2.24, 2.45) is 23.2 Å². The zero-order valence-corrected chi connectivity index (χ0v) is 26.1. The number of aromatic nitrogens is 3. The van der Waals surface area contributed by atoms with E-state index >= 15 is 0 Å². The zero-order valence-electron chi connectivity index (χ0n) is 26.1. The van der Waals surface area contributed by atoms with Crippen LogP contribution >= 0.6 is 0 Å². The molecule has 0 aliphatic heterocycles. The molecular weight excluding hydrogens is 548 g/mol. The maximum atomic E-state index is 9.88. The molecule has 2 fully saturated rings. The average molecular weight is 587 g/mol. The number of allylic oxidation sites excluding steroid dienone is 6. The number of fused-ring (bicyclic) bond motifs is 5. The highest BCUT2D eigenvalue weighted by Gasteiger charge is 2.48. The maximum absolute atomic E-state index is 9.88. The summed E-state index contributed by atoms with van der Waals surface area (Å²) in [5.41, 5.74) is 9.41. The molecule has 4 aromatic rings. The lowest BCUT2D eigenvalue weighted by atomic mass is 9.52. The molecule has 4 nitrogen and oxygen atoms in total. The molecule has 45 heavy (non-hydrogen) atoms. The predicted molar refractivity (Wildman–Crippen MR) is 181 cm³/mol. The molecule has 222 valence electrons. The van der Waals surface area contributed by atoms with Crippen LogP contribution in [-0.2, 0) is 0 Å². The highest BCUT2D eigenvalue weighted by atomic mass is 15.0. The van der Waals surface area contributed by atoms with Crippen LogP contribution in [0.2, 0.25) is 0 Å². The minimum atomic E-state index is 0.185. The summed E-state index contributed by atoms with van der Waals surface area (Å²) < 4.78 is 0. The van der Waals surface area contributed by atoms with Gasteiger partial charge < -0.3 is 0 Å². The lowest BCUT2D eigenvalue weighted by molar-refractivity contribution is 0.0629. The Morgan fingerprint density at radius 1 is 0.733 bits per heavy atom. The van der Waals surface area contributed by atoms with Crippen LogP contribution in [0, 0.1) is 34.5 Å². The van der Waals surface area contributed by atoms with Gasteiger partial charge in [0.15, 0.2) is 17.5 Å². The van der Waals surface area contributed by atoms with E-state index in [4.69, 9.17) is 15.0 Å². The van der Waals surface area contributed by atoms with E-state index < -0.39 is 0 Å². The largest absolute Gasteiger partial charge is 0.208 e. The topological polar surface area (TPSA) is 62.5 Å². The van der Waals surface area contributed by atoms with Crippen LogP contribution in [0.4, 0.5) is 0 Å². The molecule has 8 rings (SSSR count). The standard InChI is InChI=1S/C41H38N4/c1-26-17-29-18-27(2)23-41(22-26,24-29)37-21-33-20-32(14-16-34(33)36-19-28(25-42)13-15-35(36)37)40-44-38(30-9-5-3-6-10-30)43-39(45-40)31-11-7-4-8-12-31/h3-15,19-21,26-27,29,34H,16-18,22-24H2,1-2H3/t26-,27+,29-,34?,41?. The van der Waals surface area contributed by atoms with Crippen molar-refractivity contribution in [2.45, 2.75) is 58.3 Å². The summed E-state index contributed by atoms with van der Waals surface area (Å²) in [4.78, 5) is 15.0. The van der Waals surface area contributed by atoms with Crippen LogP contribution in [0.5, 0.6) is 0 Å². The Morgan fingerprint density at radius 3 is 1.98 bits per heavy atom. The van der Waals surface area contributed by atoms with Gasteiger partial charge in [0.1, 0.15) is 0 Å². The predicted octanol–water partition coefficient (Wildman–Crippen LogP) is 9.82. The van der Waals surface area contributed by atoms with Gasteiger partial charge in [0.2, 0.25) is 0 Å². The Bertz CT molecular complexity index is 1830. The van der Waals surface area contributed by atoms with Crippen LogP contribution in [0.3, 0.4) is 0 Å². The second-order valence-electron chi connectivity index (χ2n) is 14.0. The van der Waals surface area contributed by atoms with E-state index in [1.807, 2.05) is 42.5 Å². The smallest absolute Gasteiger partial charge is 0.164 e. The molecule has 0 N–H and O–H groups in total. The normalized spacial score (nSPS) is 26.8. The fourth-order valence-electron chi connectivity index (χ4n) is 9.15. The van der Waals surface area contributed by atoms with Crippen molar-refractivity contribution in [1.82, 2.24) is 15.0 Å². The molecule has 2 unspecified atom stereocenters. The third-order valence-electron chi connectivity index (χ3n) is 10.6. The van der Waals surface area contributed by atoms with Crippen molar-refractivity contribution < 1.29 is 0 Å². The zero-order chi connectivity index (χ0) is 30.5. The van der Waals surface area contributed by atoms with Crippen LogP contribution in [0.1, 0.15) is 80.8 Å². The van der Waals surface area contributed by atoms with Crippen molar-refractivity contribution in [3.05, 3.63) is 125 Å². The highest BCUT2D eigenvalue weighted by Crippen LogP contribution is 2.61. The Morgan fingerprint density at radius 2 is 1.36 bits per heavy atom. The fraction of sp³-hybridized carbons (Fsp3) is 0.317. The molecule has 1 aromatic heterocycles. The van der Waals surface area contributed by atoms with E-state index in [-0.39, 0.29) is 11.3 Å². The lowest BCUT2D eigenvalue weighted by Crippen LogP contribution is -2.40. The molecule has 0 amide bonds. The Balaban J connectivity index is 1.27. The number of nitrogens with zero attached hydrogens (tertiary/aromatic N) is 4. The monoisotopic (exact) mass is 586 g/mol. The van der Waals surface area contributed by atoms with Crippen LogP contribution in [0.15, 0.2) is 103 Å². The molecule has 3 aromatic carbocycles. The minimum absolute atomic E-state index is 0.185. The highest BCUT2D eigenvalue weighted by molar-refractivity contribution is 5.84. The maximum Gasteiger partial charge on any atom is 0.164 e. The summed E-state index contributed by atoms with van der Waals surface area (Å²) in [7, 11) is 0. The van der Waals surface area contributed by atoms with Gasteiger partial charge in [0.05, 0.1) is 11.6 Å². The van der Waals surface area contributed by atoms with E-state index in [0.717, 1.165) is 46.4 Å². The summed E-state index contributed by atoms with van der Waals surface area (Å²) in [6.07, 6.45) is 14.5. The van der Waals surface area contributed by atoms with Gasteiger partial charge >= 0.3 is 0 Å². The van der Waals surface area contributed by atoms with E-state index in [0.29, 0.717) is 17.5 Å². The van der Waals surface area contributed by atoms with Gasteiger partial charge in [-0.3, -0.25) is 0 Å². The summed E-state index contributed by atoms with van der Waals surface area (Å²) in [6.45, 7) is 4.91. The van der Waals surface area contributed by atoms with Crippen molar-refractivity contribution >= 4 is 11.1 Å². The van der Waals surface area contributed by atoms with Gasteiger partial charge in [-0.2, -0.15) is 5.26 Å². The van der Waals surface area contributed by atoms with Crippen molar-refractivity contribution in [3.63, 3.8) is 0 Å². The number of benzene rings is 3. The van der Waals surface area contributed by atoms with E-state index in [1.165, 1.54) is 54.4 Å². The van der Waals surface area contributed by atoms with Crippen molar-refractivity contribution in [1.29, 1.82) is 5.26 Å². The van der Waals surface area contributed by atoms with Crippen LogP contribution < -0.4 is 0 Å². The van der Waals surface area contributed by atoms with Crippen molar-refractivity contribution in [3.8, 4) is 28.8 Å². The van der Waals surface area contributed by atoms with Gasteiger partial charge in [-0.05, 0) is 102 Å². The minimum Gasteiger partial charge on any atom is -0.208 e. The number of hydrogen-bond donors (Lipinski definition) is 0. The number of nitriles is 1. The van der Waals surface area contributed by atoms with Gasteiger partial charge in [-0.15, -0.1) is 0 Å². The Labute approximate surface area is 266 Å². The van der Waals surface area contributed by atoms with E-state index in [2.05, 4.69) is 74.5 Å². The van der Waals surface area contributed by atoms with Crippen molar-refractivity contribution in [2.75, 3.05) is 0 Å². The molecule has 0 saturated heterocycles. The van der Waals surface area contributed by atoms with E-state index in [1.54, 1.807) is 0 Å². The summed E-state index contributed by atoms with van der Waals surface area (Å²) in [6, 6.07) is 29.2. The Hall–Kier alpha value is -4.62. The summed E-state index contributed by atoms with van der Waals surface area (Å²) in [5.74, 6) is 4.54. The third kappa shape index (κ3) is 5.05. The quantitative estimate of drug-likeness (QED) is 0.239. The van der Waals surface area contributed by atoms with Gasteiger partial charge in [0.25, 0.3) is 0 Å². The number of rotatable bonds is 4. The van der Waals surface area contributed by atoms with Gasteiger partial charge in [-0.25, -0.2) is 15.0 Å². The first-order valence-corrected chi connectivity index (χ1v) is 16.5. The molecule has 2 saturated carbocycles. The van der Waals surface area contributed by atoms with Crippen LogP contribution in [0.25, 0.3) is 33.9 Å². The van der Waals surface area contributed by atoms with Crippen LogP contribution in [-0.4, -0.2) is 15.0 Å². The molecule has 2 bridgehead atoms. The molecule has 1 heterocycles. The number of hydrogen-bond acceptors (Lipinski definition) is 4. The molecule has 4 aliphatic carbocycles. The van der Waals surface area contributed by atoms with E-state index in [9.17, 15) is 5.26 Å². The van der Waals surface area contributed by atoms with Gasteiger partial charge in [0, 0.05) is 22.6 Å².